The predicted octanol–water partition coefficient (Wildman–Crippen LogP) is 6.09. The molecule has 0 unspecified atom stereocenters. The van der Waals surface area contributed by atoms with Gasteiger partial charge in [0.05, 0.1) is 17.0 Å². The molecule has 0 atom stereocenters. The number of carbonyl (C=O) groups excluding carboxylic acids is 2. The van der Waals surface area contributed by atoms with E-state index in [0.29, 0.717) is 5.56 Å². The number of imidazole rings is 1. The molecule has 0 saturated heterocycles. The lowest BCUT2D eigenvalue weighted by Gasteiger charge is -2.30. The first-order chi connectivity index (χ1) is 21.2. The number of hydrogen-bond donors (Lipinski definition) is 3. The van der Waals surface area contributed by atoms with E-state index in [1.807, 2.05) is 0 Å². The van der Waals surface area contributed by atoms with Crippen LogP contribution in [0.2, 0.25) is 0 Å². The summed E-state index contributed by atoms with van der Waals surface area (Å²) in [7, 11) is 0. The quantitative estimate of drug-likeness (QED) is 0.231. The lowest BCUT2D eigenvalue weighted by atomic mass is 9.85. The maximum absolute atomic E-state index is 13.8. The van der Waals surface area contributed by atoms with Gasteiger partial charge < -0.3 is 20.4 Å². The molecule has 3 aromatic rings. The Kier molecular flexibility index (Phi) is 9.21. The highest BCUT2D eigenvalue weighted by molar-refractivity contribution is 5.99. The number of pyridine rings is 1. The largest absolute Gasteiger partial charge is 0.471 e. The molecule has 244 valence electrons. The molecule has 5 rings (SSSR count). The minimum absolute atomic E-state index is 0.0185. The van der Waals surface area contributed by atoms with E-state index in [1.165, 1.54) is 18.2 Å². The van der Waals surface area contributed by atoms with Crippen molar-refractivity contribution in [2.24, 2.45) is 11.8 Å². The molecule has 3 N–H and O–H groups in total. The molecule has 0 bridgehead atoms. The molecule has 1 aromatic carbocycles. The zero-order chi connectivity index (χ0) is 32.5. The van der Waals surface area contributed by atoms with Crippen molar-refractivity contribution in [2.75, 3.05) is 6.61 Å². The van der Waals surface area contributed by atoms with Gasteiger partial charge in [-0.2, -0.15) is 31.3 Å². The molecule has 2 aliphatic rings. The average Bonchev–Trinajstić information content (AvgIpc) is 3.74. The summed E-state index contributed by atoms with van der Waals surface area (Å²) < 4.78 is 112. The minimum Gasteiger partial charge on any atom is -0.471 e. The first kappa shape index (κ1) is 32.4. The van der Waals surface area contributed by atoms with Crippen LogP contribution in [0.5, 0.6) is 5.88 Å². The molecule has 16 heteroatoms. The number of fused-ring (bicyclic) bond motifs is 1. The molecule has 2 heterocycles. The van der Waals surface area contributed by atoms with Gasteiger partial charge in [0, 0.05) is 24.9 Å². The van der Waals surface area contributed by atoms with Crippen LogP contribution in [-0.4, -0.2) is 52.0 Å². The molecule has 8 nitrogen and oxygen atoms in total. The number of aromatic amines is 1. The van der Waals surface area contributed by atoms with Gasteiger partial charge in [0.15, 0.2) is 12.3 Å². The molecule has 0 radical (unpaired) electrons. The first-order valence-electron chi connectivity index (χ1n) is 14.3. The third-order valence-corrected chi connectivity index (χ3v) is 7.85. The number of ether oxygens (including phenoxy) is 1. The molecule has 45 heavy (non-hydrogen) atoms. The van der Waals surface area contributed by atoms with E-state index in [-0.39, 0.29) is 78.6 Å². The highest BCUT2D eigenvalue weighted by Gasteiger charge is 2.41. The Morgan fingerprint density at radius 3 is 2.31 bits per heavy atom. The molecule has 2 saturated carbocycles. The zero-order valence-corrected chi connectivity index (χ0v) is 23.6. The number of aromatic nitrogens is 3. The highest BCUT2D eigenvalue weighted by Crippen LogP contribution is 2.38. The average molecular weight is 648 g/mol. The Morgan fingerprint density at radius 1 is 0.978 bits per heavy atom. The third kappa shape index (κ3) is 8.19. The van der Waals surface area contributed by atoms with Gasteiger partial charge in [0.25, 0.3) is 12.3 Å². The van der Waals surface area contributed by atoms with Crippen LogP contribution in [0.1, 0.15) is 71.4 Å². The molecular formula is C29H29F8N5O3. The smallest absolute Gasteiger partial charge is 0.416 e. The minimum atomic E-state index is -4.70. The van der Waals surface area contributed by atoms with E-state index in [2.05, 4.69) is 25.6 Å². The summed E-state index contributed by atoms with van der Waals surface area (Å²) in [5, 5.41) is 5.31. The molecule has 2 fully saturated rings. The van der Waals surface area contributed by atoms with Crippen molar-refractivity contribution in [3.8, 4) is 5.88 Å². The molecule has 0 spiro atoms. The van der Waals surface area contributed by atoms with E-state index in [4.69, 9.17) is 4.74 Å². The van der Waals surface area contributed by atoms with Crippen molar-refractivity contribution in [3.63, 3.8) is 0 Å². The number of alkyl halides is 8. The second-order valence-electron chi connectivity index (χ2n) is 11.3. The van der Waals surface area contributed by atoms with Crippen LogP contribution < -0.4 is 15.4 Å². The number of hydrogen-bond acceptors (Lipinski definition) is 5. The number of rotatable bonds is 10. The van der Waals surface area contributed by atoms with Gasteiger partial charge in [-0.3, -0.25) is 9.59 Å². The molecule has 0 aliphatic heterocycles. The fourth-order valence-corrected chi connectivity index (χ4v) is 5.34. The van der Waals surface area contributed by atoms with Crippen LogP contribution in [0.15, 0.2) is 24.3 Å². The summed E-state index contributed by atoms with van der Waals surface area (Å²) >= 11 is 0. The van der Waals surface area contributed by atoms with Crippen LogP contribution >= 0.6 is 0 Å². The van der Waals surface area contributed by atoms with Gasteiger partial charge in [-0.1, -0.05) is 12.1 Å². The standard InChI is InChI=1S/C29H29F8N5O3/c30-22(31)13-45-27-19(26(44)39-18-6-4-17(5-7-18)28(32,33)34)11-21-24(42-27)41-23(40-21)10-16-9-14(1-8-20(16)29(35,36)37)12-38-25(43)15-2-3-15/h1,8-9,11,15,17-18,22H,2-7,10,12-13H2,(H,38,43)(H,39,44)(H,40,41,42). The van der Waals surface area contributed by atoms with Crippen molar-refractivity contribution in [3.05, 3.63) is 52.3 Å². The number of H-pyrrole nitrogens is 1. The molecular weight excluding hydrogens is 618 g/mol. The van der Waals surface area contributed by atoms with Crippen molar-refractivity contribution in [2.45, 2.75) is 76.3 Å². The molecule has 2 amide bonds. The Labute approximate surface area is 251 Å². The molecule has 2 aliphatic carbocycles. The SMILES string of the molecule is O=C(NC1CCC(C(F)(F)F)CC1)c1cc2[nH]c(Cc3cc(CNC(=O)C4CC4)ccc3C(F)(F)F)nc2nc1OCC(F)F. The number of amides is 2. The number of benzene rings is 1. The second-order valence-corrected chi connectivity index (χ2v) is 11.3. The van der Waals surface area contributed by atoms with Gasteiger partial charge in [-0.05, 0) is 61.8 Å². The van der Waals surface area contributed by atoms with Crippen molar-refractivity contribution < 1.29 is 49.4 Å². The summed E-state index contributed by atoms with van der Waals surface area (Å²) in [6, 6.07) is 4.09. The number of nitrogens with zero attached hydrogens (tertiary/aromatic N) is 2. The second kappa shape index (κ2) is 12.8. The van der Waals surface area contributed by atoms with Gasteiger partial charge in [-0.25, -0.2) is 13.8 Å². The highest BCUT2D eigenvalue weighted by atomic mass is 19.4. The van der Waals surface area contributed by atoms with E-state index >= 15 is 0 Å². The summed E-state index contributed by atoms with van der Waals surface area (Å²) in [4.78, 5) is 36.2. The van der Waals surface area contributed by atoms with Crippen molar-refractivity contribution >= 4 is 23.0 Å². The Balaban J connectivity index is 1.38. The van der Waals surface area contributed by atoms with Crippen LogP contribution in [-0.2, 0) is 23.9 Å². The Morgan fingerprint density at radius 2 is 1.69 bits per heavy atom. The monoisotopic (exact) mass is 647 g/mol. The van der Waals surface area contributed by atoms with Crippen LogP contribution in [0.3, 0.4) is 0 Å². The fourth-order valence-electron chi connectivity index (χ4n) is 5.34. The van der Waals surface area contributed by atoms with E-state index in [1.54, 1.807) is 0 Å². The summed E-state index contributed by atoms with van der Waals surface area (Å²) in [5.74, 6) is -3.03. The third-order valence-electron chi connectivity index (χ3n) is 7.85. The zero-order valence-electron chi connectivity index (χ0n) is 23.6. The Hall–Kier alpha value is -3.98. The summed E-state index contributed by atoms with van der Waals surface area (Å²) in [6.07, 6.45) is -11.0. The van der Waals surface area contributed by atoms with Gasteiger partial charge in [-0.15, -0.1) is 0 Å². The van der Waals surface area contributed by atoms with Crippen molar-refractivity contribution in [1.29, 1.82) is 0 Å². The van der Waals surface area contributed by atoms with Crippen molar-refractivity contribution in [1.82, 2.24) is 25.6 Å². The lowest BCUT2D eigenvalue weighted by Crippen LogP contribution is -2.40. The summed E-state index contributed by atoms with van der Waals surface area (Å²) in [5.41, 5.74) is -0.941. The lowest BCUT2D eigenvalue weighted by molar-refractivity contribution is -0.182. The van der Waals surface area contributed by atoms with E-state index < -0.39 is 54.7 Å². The maximum Gasteiger partial charge on any atom is 0.416 e. The summed E-state index contributed by atoms with van der Waals surface area (Å²) in [6.45, 7) is -1.09. The van der Waals surface area contributed by atoms with Crippen LogP contribution in [0.4, 0.5) is 35.1 Å². The predicted molar refractivity (Wildman–Crippen MR) is 143 cm³/mol. The van der Waals surface area contributed by atoms with Gasteiger partial charge in [0.1, 0.15) is 11.4 Å². The topological polar surface area (TPSA) is 109 Å². The van der Waals surface area contributed by atoms with Gasteiger partial charge >= 0.3 is 12.4 Å². The Bertz CT molecular complexity index is 1540. The fraction of sp³-hybridized carbons (Fsp3) is 0.517. The first-order valence-corrected chi connectivity index (χ1v) is 14.3. The normalized spacial score (nSPS) is 19.1. The van der Waals surface area contributed by atoms with Crippen LogP contribution in [0, 0.1) is 11.8 Å². The van der Waals surface area contributed by atoms with Gasteiger partial charge in [0.2, 0.25) is 11.8 Å². The van der Waals surface area contributed by atoms with E-state index in [0.717, 1.165) is 18.9 Å². The number of halogens is 8. The number of nitrogens with one attached hydrogen (secondary N) is 3. The number of carbonyl (C=O) groups is 2. The maximum atomic E-state index is 13.8. The molecule has 2 aromatic heterocycles. The van der Waals surface area contributed by atoms with E-state index in [9.17, 15) is 44.7 Å². The van der Waals surface area contributed by atoms with Crippen LogP contribution in [0.25, 0.3) is 11.2 Å².